The number of para-hydroxylation sites is 1. The Bertz CT molecular complexity index is 494. The van der Waals surface area contributed by atoms with Crippen LogP contribution in [0.5, 0.6) is 5.75 Å². The lowest BCUT2D eigenvalue weighted by Gasteiger charge is -2.08. The van der Waals surface area contributed by atoms with Crippen LogP contribution in [-0.4, -0.2) is 17.7 Å². The van der Waals surface area contributed by atoms with Crippen LogP contribution in [-0.2, 0) is 0 Å². The summed E-state index contributed by atoms with van der Waals surface area (Å²) in [7, 11) is 0. The van der Waals surface area contributed by atoms with Gasteiger partial charge in [0.25, 0.3) is 5.91 Å². The van der Waals surface area contributed by atoms with Gasteiger partial charge in [-0.25, -0.2) is 0 Å². The molecule has 5 heteroatoms. The van der Waals surface area contributed by atoms with Crippen molar-refractivity contribution in [2.24, 2.45) is 0 Å². The average molecular weight is 232 g/mol. The lowest BCUT2D eigenvalue weighted by atomic mass is 10.2. The van der Waals surface area contributed by atoms with Crippen molar-refractivity contribution in [1.82, 2.24) is 5.16 Å². The van der Waals surface area contributed by atoms with Gasteiger partial charge >= 0.3 is 0 Å². The summed E-state index contributed by atoms with van der Waals surface area (Å²) in [5.74, 6) is 0.653. The van der Waals surface area contributed by atoms with E-state index in [1.165, 1.54) is 6.26 Å². The number of nitrogens with one attached hydrogen (secondary N) is 1. The van der Waals surface area contributed by atoms with Gasteiger partial charge in [0.15, 0.2) is 5.82 Å². The van der Waals surface area contributed by atoms with Crippen LogP contribution < -0.4 is 10.1 Å². The highest BCUT2D eigenvalue weighted by atomic mass is 16.5. The number of rotatable bonds is 4. The van der Waals surface area contributed by atoms with Crippen LogP contribution in [0.25, 0.3) is 0 Å². The summed E-state index contributed by atoms with van der Waals surface area (Å²) in [6.07, 6.45) is 1.39. The van der Waals surface area contributed by atoms with E-state index < -0.39 is 0 Å². The van der Waals surface area contributed by atoms with Crippen LogP contribution in [0, 0.1) is 0 Å². The Kier molecular flexibility index (Phi) is 3.40. The first-order chi connectivity index (χ1) is 8.31. The molecule has 0 unspecified atom stereocenters. The number of carbonyl (C=O) groups excluding carboxylic acids is 1. The van der Waals surface area contributed by atoms with E-state index in [4.69, 9.17) is 4.74 Å². The molecular weight excluding hydrogens is 220 g/mol. The first-order valence-electron chi connectivity index (χ1n) is 5.25. The van der Waals surface area contributed by atoms with Gasteiger partial charge < -0.3 is 14.6 Å². The van der Waals surface area contributed by atoms with Gasteiger partial charge in [-0.15, -0.1) is 0 Å². The third kappa shape index (κ3) is 2.63. The Morgan fingerprint density at radius 2 is 2.24 bits per heavy atom. The van der Waals surface area contributed by atoms with Gasteiger partial charge in [-0.2, -0.15) is 0 Å². The maximum atomic E-state index is 11.9. The SMILES string of the molecule is CCOc1ccccc1C(=O)Nc1ccon1. The summed E-state index contributed by atoms with van der Waals surface area (Å²) < 4.78 is 10.0. The summed E-state index contributed by atoms with van der Waals surface area (Å²) >= 11 is 0. The topological polar surface area (TPSA) is 64.4 Å². The third-order valence-electron chi connectivity index (χ3n) is 2.11. The number of amides is 1. The van der Waals surface area contributed by atoms with Crippen molar-refractivity contribution in [3.63, 3.8) is 0 Å². The molecule has 0 spiro atoms. The van der Waals surface area contributed by atoms with Crippen LogP contribution >= 0.6 is 0 Å². The summed E-state index contributed by atoms with van der Waals surface area (Å²) in [6, 6.07) is 8.61. The van der Waals surface area contributed by atoms with E-state index in [2.05, 4.69) is 15.0 Å². The minimum absolute atomic E-state index is 0.275. The fraction of sp³-hybridized carbons (Fsp3) is 0.167. The lowest BCUT2D eigenvalue weighted by Crippen LogP contribution is -2.13. The molecule has 0 aliphatic carbocycles. The van der Waals surface area contributed by atoms with E-state index >= 15 is 0 Å². The molecular formula is C12H12N2O3. The van der Waals surface area contributed by atoms with Gasteiger partial charge in [-0.3, -0.25) is 4.79 Å². The fourth-order valence-electron chi connectivity index (χ4n) is 1.40. The van der Waals surface area contributed by atoms with Crippen molar-refractivity contribution in [1.29, 1.82) is 0 Å². The minimum atomic E-state index is -0.275. The van der Waals surface area contributed by atoms with Crippen molar-refractivity contribution in [3.05, 3.63) is 42.2 Å². The second-order valence-electron chi connectivity index (χ2n) is 3.27. The van der Waals surface area contributed by atoms with Gasteiger partial charge in [-0.05, 0) is 19.1 Å². The molecule has 2 aromatic rings. The van der Waals surface area contributed by atoms with Crippen LogP contribution in [0.1, 0.15) is 17.3 Å². The predicted octanol–water partition coefficient (Wildman–Crippen LogP) is 2.33. The highest BCUT2D eigenvalue weighted by Crippen LogP contribution is 2.19. The summed E-state index contributed by atoms with van der Waals surface area (Å²) in [4.78, 5) is 11.9. The number of anilines is 1. The third-order valence-corrected chi connectivity index (χ3v) is 2.11. The maximum absolute atomic E-state index is 11.9. The number of hydrogen-bond acceptors (Lipinski definition) is 4. The van der Waals surface area contributed by atoms with E-state index in [1.54, 1.807) is 24.3 Å². The van der Waals surface area contributed by atoms with Crippen molar-refractivity contribution in [2.75, 3.05) is 11.9 Å². The van der Waals surface area contributed by atoms with Gasteiger partial charge in [-0.1, -0.05) is 17.3 Å². The fourth-order valence-corrected chi connectivity index (χ4v) is 1.40. The van der Waals surface area contributed by atoms with Gasteiger partial charge in [0.2, 0.25) is 0 Å². The quantitative estimate of drug-likeness (QED) is 0.878. The van der Waals surface area contributed by atoms with Crippen LogP contribution in [0.3, 0.4) is 0 Å². The number of carbonyl (C=O) groups is 1. The van der Waals surface area contributed by atoms with E-state index in [0.717, 1.165) is 0 Å². The molecule has 0 radical (unpaired) electrons. The Balaban J connectivity index is 2.18. The second-order valence-corrected chi connectivity index (χ2v) is 3.27. The maximum Gasteiger partial charge on any atom is 0.260 e. The van der Waals surface area contributed by atoms with Crippen molar-refractivity contribution in [3.8, 4) is 5.75 Å². The molecule has 0 saturated carbocycles. The van der Waals surface area contributed by atoms with Crippen molar-refractivity contribution >= 4 is 11.7 Å². The molecule has 0 aliphatic heterocycles. The number of hydrogen-bond donors (Lipinski definition) is 1. The van der Waals surface area contributed by atoms with E-state index in [1.807, 2.05) is 13.0 Å². The minimum Gasteiger partial charge on any atom is -0.493 e. The second kappa shape index (κ2) is 5.16. The van der Waals surface area contributed by atoms with Crippen LogP contribution in [0.2, 0.25) is 0 Å². The summed E-state index contributed by atoms with van der Waals surface area (Å²) in [5, 5.41) is 6.22. The molecule has 0 aliphatic rings. The average Bonchev–Trinajstić information content (AvgIpc) is 2.83. The first kappa shape index (κ1) is 11.2. The molecule has 1 amide bonds. The Hall–Kier alpha value is -2.30. The van der Waals surface area contributed by atoms with Gasteiger partial charge in [0.1, 0.15) is 12.0 Å². The highest BCUT2D eigenvalue weighted by Gasteiger charge is 2.12. The number of nitrogens with zero attached hydrogens (tertiary/aromatic N) is 1. The monoisotopic (exact) mass is 232 g/mol. The molecule has 17 heavy (non-hydrogen) atoms. The zero-order valence-electron chi connectivity index (χ0n) is 9.34. The molecule has 88 valence electrons. The van der Waals surface area contributed by atoms with Gasteiger partial charge in [0.05, 0.1) is 12.2 Å². The zero-order chi connectivity index (χ0) is 12.1. The molecule has 2 rings (SSSR count). The number of benzene rings is 1. The molecule has 0 atom stereocenters. The van der Waals surface area contributed by atoms with Crippen LogP contribution in [0.4, 0.5) is 5.82 Å². The van der Waals surface area contributed by atoms with Crippen molar-refractivity contribution in [2.45, 2.75) is 6.92 Å². The molecule has 0 bridgehead atoms. The van der Waals surface area contributed by atoms with E-state index in [9.17, 15) is 4.79 Å². The zero-order valence-corrected chi connectivity index (χ0v) is 9.34. The van der Waals surface area contributed by atoms with Gasteiger partial charge in [0, 0.05) is 6.07 Å². The molecule has 0 saturated heterocycles. The standard InChI is InChI=1S/C12H12N2O3/c1-2-16-10-6-4-3-5-9(10)12(15)13-11-7-8-17-14-11/h3-8H,2H2,1H3,(H,13,14,15). The largest absolute Gasteiger partial charge is 0.493 e. The summed E-state index contributed by atoms with van der Waals surface area (Å²) in [5.41, 5.74) is 0.470. The highest BCUT2D eigenvalue weighted by molar-refractivity contribution is 6.05. The molecule has 1 aromatic heterocycles. The first-order valence-corrected chi connectivity index (χ1v) is 5.25. The predicted molar refractivity (Wildman–Crippen MR) is 62.1 cm³/mol. The summed E-state index contributed by atoms with van der Waals surface area (Å²) in [6.45, 7) is 2.38. The molecule has 1 N–H and O–H groups in total. The van der Waals surface area contributed by atoms with Crippen molar-refractivity contribution < 1.29 is 14.1 Å². The Morgan fingerprint density at radius 1 is 1.41 bits per heavy atom. The smallest absolute Gasteiger partial charge is 0.260 e. The lowest BCUT2D eigenvalue weighted by molar-refractivity contribution is 0.102. The number of aromatic nitrogens is 1. The van der Waals surface area contributed by atoms with E-state index in [-0.39, 0.29) is 5.91 Å². The number of ether oxygens (including phenoxy) is 1. The normalized spacial score (nSPS) is 9.94. The van der Waals surface area contributed by atoms with E-state index in [0.29, 0.717) is 23.7 Å². The van der Waals surface area contributed by atoms with Crippen LogP contribution in [0.15, 0.2) is 41.1 Å². The molecule has 0 fully saturated rings. The molecule has 5 nitrogen and oxygen atoms in total. The Morgan fingerprint density at radius 3 is 2.94 bits per heavy atom. The Labute approximate surface area is 98.4 Å². The molecule has 1 heterocycles. The molecule has 1 aromatic carbocycles.